The van der Waals surface area contributed by atoms with E-state index in [9.17, 15) is 8.42 Å². The van der Waals surface area contributed by atoms with Gasteiger partial charge in [0.2, 0.25) is 0 Å². The molecular weight excluding hydrogens is 577 g/mol. The van der Waals surface area contributed by atoms with E-state index in [2.05, 4.69) is 19.9 Å². The molecular formula is C31H33ClFN5O3S. The summed E-state index contributed by atoms with van der Waals surface area (Å²) in [6.07, 6.45) is 7.35. The van der Waals surface area contributed by atoms with Crippen LogP contribution in [0.25, 0.3) is 32.9 Å². The molecule has 2 aromatic heterocycles. The number of benzene rings is 2. The summed E-state index contributed by atoms with van der Waals surface area (Å²) < 4.78 is 47.5. The molecule has 220 valence electrons. The molecule has 6 rings (SSSR count). The smallest absolute Gasteiger partial charge is 0.319 e. The molecule has 42 heavy (non-hydrogen) atoms. The summed E-state index contributed by atoms with van der Waals surface area (Å²) in [5, 5.41) is 3.61. The zero-order chi connectivity index (χ0) is 29.5. The highest BCUT2D eigenvalue weighted by Crippen LogP contribution is 2.40. The van der Waals surface area contributed by atoms with Gasteiger partial charge < -0.3 is 9.64 Å². The van der Waals surface area contributed by atoms with Crippen molar-refractivity contribution in [1.29, 1.82) is 0 Å². The van der Waals surface area contributed by atoms with Gasteiger partial charge in [0.05, 0.1) is 16.7 Å². The maximum absolute atomic E-state index is 16.5. The average molecular weight is 610 g/mol. The second kappa shape index (κ2) is 11.4. The van der Waals surface area contributed by atoms with E-state index in [1.165, 1.54) is 17.7 Å². The highest BCUT2D eigenvalue weighted by molar-refractivity contribution is 7.94. The zero-order valence-electron chi connectivity index (χ0n) is 23.7. The minimum atomic E-state index is -3.41. The van der Waals surface area contributed by atoms with Crippen molar-refractivity contribution in [1.82, 2.24) is 19.9 Å². The predicted molar refractivity (Wildman–Crippen MR) is 165 cm³/mol. The second-order valence-electron chi connectivity index (χ2n) is 11.1. The van der Waals surface area contributed by atoms with E-state index in [1.807, 2.05) is 24.3 Å². The van der Waals surface area contributed by atoms with Crippen LogP contribution in [0.4, 0.5) is 10.2 Å². The highest BCUT2D eigenvalue weighted by atomic mass is 35.5. The first-order chi connectivity index (χ1) is 20.2. The van der Waals surface area contributed by atoms with Crippen molar-refractivity contribution in [3.8, 4) is 17.3 Å². The number of ether oxygens (including phenoxy) is 1. The first-order valence-electron chi connectivity index (χ1n) is 14.2. The van der Waals surface area contributed by atoms with E-state index < -0.39 is 15.7 Å². The van der Waals surface area contributed by atoms with E-state index in [0.29, 0.717) is 33.8 Å². The number of hydrogen-bond acceptors (Lipinski definition) is 8. The van der Waals surface area contributed by atoms with Crippen LogP contribution < -0.4 is 9.64 Å². The van der Waals surface area contributed by atoms with Crippen LogP contribution in [0, 0.1) is 5.82 Å². The van der Waals surface area contributed by atoms with Crippen LogP contribution >= 0.6 is 11.6 Å². The molecule has 0 radical (unpaired) electrons. The van der Waals surface area contributed by atoms with Crippen LogP contribution in [0.3, 0.4) is 0 Å². The van der Waals surface area contributed by atoms with Crippen molar-refractivity contribution in [2.24, 2.45) is 0 Å². The first kappa shape index (κ1) is 28.8. The maximum atomic E-state index is 16.5. The summed E-state index contributed by atoms with van der Waals surface area (Å²) in [7, 11) is -1.69. The third-order valence-electron chi connectivity index (χ3n) is 8.45. The first-order valence-corrected chi connectivity index (χ1v) is 16.3. The van der Waals surface area contributed by atoms with Gasteiger partial charge in [-0.2, -0.15) is 9.97 Å². The number of nitrogens with zero attached hydrogens (tertiary/aromatic N) is 5. The summed E-state index contributed by atoms with van der Waals surface area (Å²) in [6, 6.07) is 11.1. The Bertz CT molecular complexity index is 1780. The van der Waals surface area contributed by atoms with Gasteiger partial charge in [-0.3, -0.25) is 9.88 Å². The number of hydrogen-bond donors (Lipinski definition) is 0. The fourth-order valence-electron chi connectivity index (χ4n) is 6.36. The normalized spacial score (nSPS) is 17.0. The fraction of sp³-hybridized carbons (Fsp3) is 0.387. The Balaban J connectivity index is 1.44. The van der Waals surface area contributed by atoms with Crippen LogP contribution in [-0.2, 0) is 9.84 Å². The molecule has 4 aromatic rings. The molecule has 2 aliphatic rings. The standard InChI is InChI=1S/C31H33ClFN5O3S/c1-3-17-42(39,40)18-16-37(2)29-23-19-34-27(22-10-4-8-21-9-5-11-24(32)25(21)22)26(33)28(23)35-30(36-29)41-20-31-12-6-14-38(31)15-7-13-31/h3-5,8-11,17,19H,6-7,12-16,18,20H2,1-2H3/b17-3+. The van der Waals surface area contributed by atoms with Gasteiger partial charge in [0.1, 0.15) is 23.6 Å². The molecule has 0 atom stereocenters. The van der Waals surface area contributed by atoms with E-state index in [-0.39, 0.29) is 35.1 Å². The van der Waals surface area contributed by atoms with Gasteiger partial charge in [0, 0.05) is 41.2 Å². The number of pyridine rings is 1. The summed E-state index contributed by atoms with van der Waals surface area (Å²) in [6.45, 7) is 4.31. The van der Waals surface area contributed by atoms with E-state index >= 15 is 4.39 Å². The molecule has 2 saturated heterocycles. The maximum Gasteiger partial charge on any atom is 0.319 e. The number of halogens is 2. The second-order valence-corrected chi connectivity index (χ2v) is 13.5. The van der Waals surface area contributed by atoms with Gasteiger partial charge in [-0.25, -0.2) is 12.8 Å². The molecule has 2 aliphatic heterocycles. The summed E-state index contributed by atoms with van der Waals surface area (Å²) in [5.74, 6) is -0.396. The van der Waals surface area contributed by atoms with Gasteiger partial charge in [0.15, 0.2) is 15.7 Å². The van der Waals surface area contributed by atoms with Crippen LogP contribution in [0.1, 0.15) is 32.6 Å². The fourth-order valence-corrected chi connectivity index (χ4v) is 7.73. The van der Waals surface area contributed by atoms with Gasteiger partial charge in [-0.05, 0) is 57.1 Å². The summed E-state index contributed by atoms with van der Waals surface area (Å²) in [5.41, 5.74) is 0.676. The zero-order valence-corrected chi connectivity index (χ0v) is 25.3. The number of allylic oxidation sites excluding steroid dienone is 1. The molecule has 0 bridgehead atoms. The van der Waals surface area contributed by atoms with E-state index in [4.69, 9.17) is 16.3 Å². The molecule has 0 saturated carbocycles. The van der Waals surface area contributed by atoms with Crippen LogP contribution in [0.15, 0.2) is 54.1 Å². The van der Waals surface area contributed by atoms with Gasteiger partial charge in [-0.15, -0.1) is 0 Å². The molecule has 11 heteroatoms. The number of fused-ring (bicyclic) bond motifs is 3. The molecule has 0 unspecified atom stereocenters. The van der Waals surface area contributed by atoms with Crippen molar-refractivity contribution >= 4 is 48.9 Å². The minimum absolute atomic E-state index is 0.0490. The van der Waals surface area contributed by atoms with Gasteiger partial charge >= 0.3 is 6.01 Å². The molecule has 8 nitrogen and oxygen atoms in total. The molecule has 4 heterocycles. The molecule has 2 fully saturated rings. The summed E-state index contributed by atoms with van der Waals surface area (Å²) in [4.78, 5) is 17.9. The Hall–Kier alpha value is -3.34. The van der Waals surface area contributed by atoms with Crippen LogP contribution in [0.2, 0.25) is 5.02 Å². The predicted octanol–water partition coefficient (Wildman–Crippen LogP) is 6.03. The average Bonchev–Trinajstić information content (AvgIpc) is 3.56. The van der Waals surface area contributed by atoms with E-state index in [0.717, 1.165) is 44.2 Å². The Morgan fingerprint density at radius 3 is 2.62 bits per heavy atom. The van der Waals surface area contributed by atoms with Crippen molar-refractivity contribution in [3.05, 3.63) is 64.9 Å². The van der Waals surface area contributed by atoms with Crippen molar-refractivity contribution in [2.45, 2.75) is 38.1 Å². The Labute approximate surface area is 250 Å². The lowest BCUT2D eigenvalue weighted by Crippen LogP contribution is -2.43. The largest absolute Gasteiger partial charge is 0.461 e. The quantitative estimate of drug-likeness (QED) is 0.227. The Kier molecular flexibility index (Phi) is 7.80. The van der Waals surface area contributed by atoms with Crippen molar-refractivity contribution in [3.63, 3.8) is 0 Å². The van der Waals surface area contributed by atoms with Crippen LogP contribution in [-0.4, -0.2) is 72.9 Å². The van der Waals surface area contributed by atoms with Crippen molar-refractivity contribution in [2.75, 3.05) is 43.9 Å². The van der Waals surface area contributed by atoms with E-state index in [1.54, 1.807) is 31.0 Å². The number of sulfone groups is 1. The van der Waals surface area contributed by atoms with Gasteiger partial charge in [0.25, 0.3) is 0 Å². The molecule has 0 N–H and O–H groups in total. The SMILES string of the molecule is C/C=C/S(=O)(=O)CCN(C)c1nc(OCC23CCCN2CCC3)nc2c(F)c(-c3cccc4cccc(Cl)c34)ncc12. The monoisotopic (exact) mass is 609 g/mol. The Morgan fingerprint density at radius 1 is 1.14 bits per heavy atom. The topological polar surface area (TPSA) is 88.5 Å². The molecule has 0 amide bonds. The lowest BCUT2D eigenvalue weighted by molar-refractivity contribution is 0.108. The molecule has 0 spiro atoms. The van der Waals surface area contributed by atoms with Crippen LogP contribution in [0.5, 0.6) is 6.01 Å². The third kappa shape index (κ3) is 5.31. The highest BCUT2D eigenvalue weighted by Gasteiger charge is 2.45. The van der Waals surface area contributed by atoms with Crippen molar-refractivity contribution < 1.29 is 17.5 Å². The number of rotatable bonds is 9. The third-order valence-corrected chi connectivity index (χ3v) is 10.2. The molecule has 0 aliphatic carbocycles. The lowest BCUT2D eigenvalue weighted by Gasteiger charge is -2.31. The summed E-state index contributed by atoms with van der Waals surface area (Å²) >= 11 is 6.56. The number of aromatic nitrogens is 3. The minimum Gasteiger partial charge on any atom is -0.461 e. The Morgan fingerprint density at radius 2 is 1.88 bits per heavy atom. The van der Waals surface area contributed by atoms with Gasteiger partial charge in [-0.1, -0.05) is 48.0 Å². The molecule has 2 aromatic carbocycles. The number of anilines is 1. The lowest BCUT2D eigenvalue weighted by atomic mass is 9.95.